The number of halogens is 5. The molecule has 0 spiro atoms. The van der Waals surface area contributed by atoms with Crippen molar-refractivity contribution in [2.45, 2.75) is 43.8 Å². The van der Waals surface area contributed by atoms with Gasteiger partial charge in [0.2, 0.25) is 10.0 Å². The second-order valence-electron chi connectivity index (χ2n) is 7.03. The number of carbonyl (C=O) groups excluding carboxylic acids is 1. The number of carbonyl (C=O) groups is 1. The third kappa shape index (κ3) is 6.21. The van der Waals surface area contributed by atoms with Gasteiger partial charge in [0.25, 0.3) is 5.91 Å². The summed E-state index contributed by atoms with van der Waals surface area (Å²) >= 11 is 6.20. The highest BCUT2D eigenvalue weighted by molar-refractivity contribution is 7.89. The van der Waals surface area contributed by atoms with Gasteiger partial charge in [-0.05, 0) is 38.5 Å². The van der Waals surface area contributed by atoms with Crippen LogP contribution in [-0.2, 0) is 10.0 Å². The number of amides is 1. The highest BCUT2D eigenvalue weighted by Gasteiger charge is 2.30. The van der Waals surface area contributed by atoms with Crippen LogP contribution < -0.4 is 10.0 Å². The van der Waals surface area contributed by atoms with Gasteiger partial charge in [0.1, 0.15) is 22.5 Å². The molecule has 0 bridgehead atoms. The second-order valence-corrected chi connectivity index (χ2v) is 9.15. The summed E-state index contributed by atoms with van der Waals surface area (Å²) in [6.45, 7) is 2.84. The topological polar surface area (TPSA) is 104 Å². The van der Waals surface area contributed by atoms with Crippen LogP contribution in [0.4, 0.5) is 23.2 Å². The second kappa shape index (κ2) is 9.89. The van der Waals surface area contributed by atoms with Gasteiger partial charge in [-0.1, -0.05) is 11.6 Å². The van der Waals surface area contributed by atoms with Crippen LogP contribution in [0, 0.1) is 17.1 Å². The van der Waals surface area contributed by atoms with E-state index in [0.717, 1.165) is 18.3 Å². The normalized spacial score (nSPS) is 12.1. The molecule has 0 saturated carbocycles. The molecule has 2 rings (SSSR count). The third-order valence-corrected chi connectivity index (χ3v) is 6.24. The number of anilines is 1. The quantitative estimate of drug-likeness (QED) is 0.413. The third-order valence-electron chi connectivity index (χ3n) is 4.27. The van der Waals surface area contributed by atoms with Gasteiger partial charge in [-0.2, -0.15) is 18.4 Å². The van der Waals surface area contributed by atoms with Crippen LogP contribution in [0.3, 0.4) is 0 Å². The molecule has 0 fully saturated rings. The molecule has 2 aromatic rings. The molecule has 0 aliphatic heterocycles. The Hall–Kier alpha value is -2.62. The van der Waals surface area contributed by atoms with Crippen LogP contribution in [0.2, 0.25) is 5.02 Å². The molecule has 13 heteroatoms. The van der Waals surface area contributed by atoms with E-state index in [4.69, 9.17) is 16.9 Å². The number of aromatic nitrogens is 1. The van der Waals surface area contributed by atoms with Crippen LogP contribution in [0.5, 0.6) is 0 Å². The molecule has 0 aliphatic rings. The SMILES string of the molecule is CC(C)n1cc(S(=O)(=O)NCCCC(F)(F)F)c(Cl)c1C(=O)Nc1ccc(F)c(C#N)c1. The molecule has 7 nitrogen and oxygen atoms in total. The van der Waals surface area contributed by atoms with E-state index < -0.39 is 63.3 Å². The van der Waals surface area contributed by atoms with E-state index >= 15 is 0 Å². The highest BCUT2D eigenvalue weighted by Crippen LogP contribution is 2.31. The van der Waals surface area contributed by atoms with Crippen molar-refractivity contribution >= 4 is 33.2 Å². The number of nitrogens with zero attached hydrogens (tertiary/aromatic N) is 2. The van der Waals surface area contributed by atoms with E-state index in [2.05, 4.69) is 5.32 Å². The smallest absolute Gasteiger partial charge is 0.338 e. The van der Waals surface area contributed by atoms with Crippen LogP contribution in [-0.4, -0.2) is 31.6 Å². The molecule has 2 N–H and O–H groups in total. The number of alkyl halides is 3. The van der Waals surface area contributed by atoms with Crippen LogP contribution in [0.1, 0.15) is 48.8 Å². The molecule has 0 radical (unpaired) electrons. The van der Waals surface area contributed by atoms with Gasteiger partial charge in [0, 0.05) is 30.9 Å². The number of benzene rings is 1. The molecular weight excluding hydrogens is 476 g/mol. The van der Waals surface area contributed by atoms with Crippen molar-refractivity contribution in [1.82, 2.24) is 9.29 Å². The monoisotopic (exact) mass is 494 g/mol. The van der Waals surface area contributed by atoms with E-state index in [1.807, 2.05) is 4.72 Å². The average molecular weight is 495 g/mol. The number of sulfonamides is 1. The first-order valence-corrected chi connectivity index (χ1v) is 11.1. The molecule has 32 heavy (non-hydrogen) atoms. The first kappa shape index (κ1) is 25.6. The van der Waals surface area contributed by atoms with E-state index in [9.17, 15) is 30.8 Å². The maximum Gasteiger partial charge on any atom is 0.389 e. The van der Waals surface area contributed by atoms with Crippen molar-refractivity contribution in [3.05, 3.63) is 46.5 Å². The molecule has 0 atom stereocenters. The van der Waals surface area contributed by atoms with Crippen molar-refractivity contribution in [1.29, 1.82) is 5.26 Å². The summed E-state index contributed by atoms with van der Waals surface area (Å²) in [4.78, 5) is 12.4. The van der Waals surface area contributed by atoms with Crippen molar-refractivity contribution in [3.63, 3.8) is 0 Å². The Kier molecular flexibility index (Phi) is 7.92. The Balaban J connectivity index is 2.32. The maximum atomic E-state index is 13.5. The number of nitriles is 1. The fourth-order valence-corrected chi connectivity index (χ4v) is 4.43. The standard InChI is InChI=1S/C19H19ClF4N4O3S/c1-11(2)28-10-15(32(30,31)26-7-3-6-19(22,23)24)16(20)17(28)18(29)27-13-4-5-14(21)12(8-13)9-25/h4-5,8,10-11,26H,3,6-7H2,1-2H3,(H,27,29). The molecule has 1 amide bonds. The molecular formula is C19H19ClF4N4O3S. The van der Waals surface area contributed by atoms with Crippen LogP contribution in [0.15, 0.2) is 29.3 Å². The summed E-state index contributed by atoms with van der Waals surface area (Å²) in [5.74, 6) is -1.60. The summed E-state index contributed by atoms with van der Waals surface area (Å²) in [6.07, 6.45) is -4.93. The minimum Gasteiger partial charge on any atom is -0.338 e. The minimum atomic E-state index is -4.42. The molecule has 1 aromatic heterocycles. The molecule has 174 valence electrons. The lowest BCUT2D eigenvalue weighted by atomic mass is 10.2. The summed E-state index contributed by atoms with van der Waals surface area (Å²) in [5.41, 5.74) is -0.449. The largest absolute Gasteiger partial charge is 0.389 e. The van der Waals surface area contributed by atoms with Crippen molar-refractivity contribution in [3.8, 4) is 6.07 Å². The summed E-state index contributed by atoms with van der Waals surface area (Å²) in [7, 11) is -4.31. The zero-order valence-electron chi connectivity index (χ0n) is 16.9. The summed E-state index contributed by atoms with van der Waals surface area (Å²) in [6, 6.07) is 4.52. The van der Waals surface area contributed by atoms with Gasteiger partial charge in [-0.25, -0.2) is 17.5 Å². The Morgan fingerprint density at radius 3 is 2.53 bits per heavy atom. The molecule has 0 unspecified atom stereocenters. The van der Waals surface area contributed by atoms with Gasteiger partial charge in [0.15, 0.2) is 0 Å². The first-order chi connectivity index (χ1) is 14.8. The lowest BCUT2D eigenvalue weighted by Crippen LogP contribution is -2.26. The fraction of sp³-hybridized carbons (Fsp3) is 0.368. The average Bonchev–Trinajstić information content (AvgIpc) is 3.04. The zero-order valence-corrected chi connectivity index (χ0v) is 18.5. The van der Waals surface area contributed by atoms with Gasteiger partial charge in [0.05, 0.1) is 10.6 Å². The number of hydrogen-bond donors (Lipinski definition) is 2. The minimum absolute atomic E-state index is 0.0789. The summed E-state index contributed by atoms with van der Waals surface area (Å²) < 4.78 is 78.7. The number of nitrogens with one attached hydrogen (secondary N) is 2. The molecule has 0 aliphatic carbocycles. The van der Waals surface area contributed by atoms with E-state index in [0.29, 0.717) is 0 Å². The Labute approximate surface area is 187 Å². The van der Waals surface area contributed by atoms with Crippen LogP contribution >= 0.6 is 11.6 Å². The first-order valence-electron chi connectivity index (χ1n) is 9.24. The lowest BCUT2D eigenvalue weighted by Gasteiger charge is -2.13. The Morgan fingerprint density at radius 2 is 1.97 bits per heavy atom. The number of hydrogen-bond acceptors (Lipinski definition) is 4. The summed E-state index contributed by atoms with van der Waals surface area (Å²) in [5, 5.41) is 10.9. The molecule has 0 saturated heterocycles. The van der Waals surface area contributed by atoms with E-state index in [1.165, 1.54) is 10.6 Å². The lowest BCUT2D eigenvalue weighted by molar-refractivity contribution is -0.135. The predicted octanol–water partition coefficient (Wildman–Crippen LogP) is 4.61. The van der Waals surface area contributed by atoms with E-state index in [-0.39, 0.29) is 16.9 Å². The molecule has 1 aromatic carbocycles. The Bertz CT molecular complexity index is 1150. The van der Waals surface area contributed by atoms with Crippen LogP contribution in [0.25, 0.3) is 0 Å². The van der Waals surface area contributed by atoms with Crippen molar-refractivity contribution in [2.24, 2.45) is 0 Å². The van der Waals surface area contributed by atoms with E-state index in [1.54, 1.807) is 19.9 Å². The highest BCUT2D eigenvalue weighted by atomic mass is 35.5. The maximum absolute atomic E-state index is 13.5. The van der Waals surface area contributed by atoms with Gasteiger partial charge >= 0.3 is 6.18 Å². The molecule has 1 heterocycles. The van der Waals surface area contributed by atoms with Crippen molar-refractivity contribution < 1.29 is 30.8 Å². The van der Waals surface area contributed by atoms with Gasteiger partial charge < -0.3 is 9.88 Å². The van der Waals surface area contributed by atoms with Gasteiger partial charge in [-0.15, -0.1) is 0 Å². The predicted molar refractivity (Wildman–Crippen MR) is 109 cm³/mol. The number of rotatable bonds is 8. The Morgan fingerprint density at radius 1 is 1.31 bits per heavy atom. The van der Waals surface area contributed by atoms with Gasteiger partial charge in [-0.3, -0.25) is 4.79 Å². The van der Waals surface area contributed by atoms with Crippen molar-refractivity contribution in [2.75, 3.05) is 11.9 Å². The fourth-order valence-electron chi connectivity index (χ4n) is 2.74. The zero-order chi connectivity index (χ0) is 24.3.